The van der Waals surface area contributed by atoms with E-state index in [1.165, 1.54) is 0 Å². The predicted octanol–water partition coefficient (Wildman–Crippen LogP) is 6.19. The molecule has 0 aliphatic heterocycles. The lowest BCUT2D eigenvalue weighted by molar-refractivity contribution is 0.399. The van der Waals surface area contributed by atoms with Crippen LogP contribution in [0.15, 0.2) is 55.1 Å². The average molecular weight is 377 g/mol. The molecule has 0 bridgehead atoms. The van der Waals surface area contributed by atoms with Gasteiger partial charge >= 0.3 is 0 Å². The van der Waals surface area contributed by atoms with Crippen LogP contribution >= 0.6 is 0 Å². The summed E-state index contributed by atoms with van der Waals surface area (Å²) in [6, 6.07) is 13.2. The third-order valence-corrected chi connectivity index (χ3v) is 3.15. The topological polar surface area (TPSA) is 36.9 Å². The highest BCUT2D eigenvalue weighted by molar-refractivity contribution is 5.41. The van der Waals surface area contributed by atoms with Crippen LogP contribution in [0.4, 0.5) is 0 Å². The molecule has 2 aromatic carbocycles. The van der Waals surface area contributed by atoms with Crippen LogP contribution in [-0.4, -0.2) is 28.4 Å². The summed E-state index contributed by atoms with van der Waals surface area (Å²) in [5.41, 5.74) is 1.09. The lowest BCUT2D eigenvalue weighted by atomic mass is 10.1. The minimum Gasteiger partial charge on any atom is -0.497 e. The summed E-state index contributed by atoms with van der Waals surface area (Å²) in [6.07, 6.45) is 2.64. The molecule has 152 valence electrons. The molecule has 0 saturated carbocycles. The van der Waals surface area contributed by atoms with E-state index in [-0.39, 0.29) is 0 Å². The van der Waals surface area contributed by atoms with Crippen molar-refractivity contribution in [1.82, 2.24) is 0 Å². The van der Waals surface area contributed by atoms with Gasteiger partial charge in [0.15, 0.2) is 0 Å². The SMILES string of the molecule is C=CCc1cc(OC)ccc1OC.CC.CC.COc1ccc(OC)cc1. The van der Waals surface area contributed by atoms with Crippen molar-refractivity contribution in [3.05, 3.63) is 60.7 Å². The van der Waals surface area contributed by atoms with E-state index >= 15 is 0 Å². The zero-order valence-corrected chi connectivity index (χ0v) is 18.2. The van der Waals surface area contributed by atoms with Gasteiger partial charge in [0.25, 0.3) is 0 Å². The maximum Gasteiger partial charge on any atom is 0.122 e. The summed E-state index contributed by atoms with van der Waals surface area (Å²) in [7, 11) is 6.59. The molecule has 0 aromatic heterocycles. The van der Waals surface area contributed by atoms with Crippen LogP contribution < -0.4 is 18.9 Å². The highest BCUT2D eigenvalue weighted by Gasteiger charge is 2.02. The maximum absolute atomic E-state index is 5.19. The number of hydrogen-bond donors (Lipinski definition) is 0. The number of benzene rings is 2. The van der Waals surface area contributed by atoms with Gasteiger partial charge in [-0.15, -0.1) is 6.58 Å². The van der Waals surface area contributed by atoms with Crippen molar-refractivity contribution in [3.8, 4) is 23.0 Å². The first-order valence-electron chi connectivity index (χ1n) is 9.18. The lowest BCUT2D eigenvalue weighted by Gasteiger charge is -2.08. The van der Waals surface area contributed by atoms with E-state index in [2.05, 4.69) is 6.58 Å². The molecule has 0 N–H and O–H groups in total. The van der Waals surface area contributed by atoms with Gasteiger partial charge in [-0.1, -0.05) is 33.8 Å². The normalized spacial score (nSPS) is 8.30. The van der Waals surface area contributed by atoms with Gasteiger partial charge in [0.2, 0.25) is 0 Å². The fourth-order valence-electron chi connectivity index (χ4n) is 1.91. The molecule has 0 radical (unpaired) electrons. The van der Waals surface area contributed by atoms with Gasteiger partial charge in [0.1, 0.15) is 23.0 Å². The van der Waals surface area contributed by atoms with Gasteiger partial charge in [0.05, 0.1) is 28.4 Å². The van der Waals surface area contributed by atoms with Crippen molar-refractivity contribution < 1.29 is 18.9 Å². The molecule has 0 saturated heterocycles. The minimum absolute atomic E-state index is 0.792. The molecule has 0 amide bonds. The van der Waals surface area contributed by atoms with E-state index in [9.17, 15) is 0 Å². The first-order chi connectivity index (χ1) is 13.2. The van der Waals surface area contributed by atoms with Crippen LogP contribution in [0.5, 0.6) is 23.0 Å². The number of allylic oxidation sites excluding steroid dienone is 1. The van der Waals surface area contributed by atoms with Crippen molar-refractivity contribution in [3.63, 3.8) is 0 Å². The molecule has 27 heavy (non-hydrogen) atoms. The van der Waals surface area contributed by atoms with E-state index in [1.807, 2.05) is 76.2 Å². The molecule has 0 aliphatic carbocycles. The van der Waals surface area contributed by atoms with Crippen LogP contribution in [0.1, 0.15) is 33.3 Å². The Morgan fingerprint density at radius 3 is 1.41 bits per heavy atom. The quantitative estimate of drug-likeness (QED) is 0.563. The van der Waals surface area contributed by atoms with Crippen LogP contribution in [0.3, 0.4) is 0 Å². The molecule has 0 atom stereocenters. The Labute approximate surface area is 165 Å². The molecule has 0 spiro atoms. The summed E-state index contributed by atoms with van der Waals surface area (Å²) >= 11 is 0. The number of methoxy groups -OCH3 is 4. The van der Waals surface area contributed by atoms with Crippen LogP contribution in [0.2, 0.25) is 0 Å². The number of ether oxygens (including phenoxy) is 4. The highest BCUT2D eigenvalue weighted by atomic mass is 16.5. The smallest absolute Gasteiger partial charge is 0.122 e. The Bertz CT molecular complexity index is 569. The third kappa shape index (κ3) is 10.9. The lowest BCUT2D eigenvalue weighted by Crippen LogP contribution is -1.92. The van der Waals surface area contributed by atoms with Crippen LogP contribution in [-0.2, 0) is 6.42 Å². The van der Waals surface area contributed by atoms with Crippen molar-refractivity contribution in [2.75, 3.05) is 28.4 Å². The summed E-state index contributed by atoms with van der Waals surface area (Å²) in [6.45, 7) is 11.7. The monoisotopic (exact) mass is 376 g/mol. The molecule has 0 aliphatic rings. The average Bonchev–Trinajstić information content (AvgIpc) is 2.77. The van der Waals surface area contributed by atoms with E-state index in [0.29, 0.717) is 0 Å². The van der Waals surface area contributed by atoms with Gasteiger partial charge in [-0.2, -0.15) is 0 Å². The molecule has 2 rings (SSSR count). The van der Waals surface area contributed by atoms with Gasteiger partial charge in [-0.25, -0.2) is 0 Å². The van der Waals surface area contributed by atoms with E-state index < -0.39 is 0 Å². The van der Waals surface area contributed by atoms with Gasteiger partial charge in [-0.05, 0) is 48.9 Å². The molecular weight excluding hydrogens is 340 g/mol. The standard InChI is InChI=1S/C11H14O2.C8H10O2.2C2H6/c1-4-5-9-8-10(12-2)6-7-11(9)13-3;1-9-7-3-5-8(10-2)6-4-7;2*1-2/h4,6-8H,1,5H2,2-3H3;3-6H,1-2H3;2*1-2H3. The second-order valence-electron chi connectivity index (χ2n) is 4.55. The molecule has 2 aromatic rings. The Hall–Kier alpha value is -2.62. The van der Waals surface area contributed by atoms with Gasteiger partial charge in [0, 0.05) is 5.56 Å². The molecular formula is C23H36O4. The highest BCUT2D eigenvalue weighted by Crippen LogP contribution is 2.24. The van der Waals surface area contributed by atoms with Crippen LogP contribution in [0, 0.1) is 0 Å². The summed E-state index contributed by atoms with van der Waals surface area (Å²) in [4.78, 5) is 0. The van der Waals surface area contributed by atoms with E-state index in [1.54, 1.807) is 28.4 Å². The molecule has 4 nitrogen and oxygen atoms in total. The summed E-state index contributed by atoms with van der Waals surface area (Å²) in [5, 5.41) is 0. The van der Waals surface area contributed by atoms with Crippen molar-refractivity contribution in [1.29, 1.82) is 0 Å². The van der Waals surface area contributed by atoms with Crippen molar-refractivity contribution in [2.45, 2.75) is 34.1 Å². The first-order valence-corrected chi connectivity index (χ1v) is 9.18. The van der Waals surface area contributed by atoms with Crippen LogP contribution in [0.25, 0.3) is 0 Å². The Morgan fingerprint density at radius 2 is 1.07 bits per heavy atom. The number of rotatable bonds is 6. The largest absolute Gasteiger partial charge is 0.497 e. The van der Waals surface area contributed by atoms with E-state index in [0.717, 1.165) is 35.0 Å². The predicted molar refractivity (Wildman–Crippen MR) is 116 cm³/mol. The van der Waals surface area contributed by atoms with E-state index in [4.69, 9.17) is 18.9 Å². The molecule has 4 heteroatoms. The Balaban J connectivity index is 0. The van der Waals surface area contributed by atoms with Crippen molar-refractivity contribution >= 4 is 0 Å². The summed E-state index contributed by atoms with van der Waals surface area (Å²) < 4.78 is 20.2. The second kappa shape index (κ2) is 18.2. The maximum atomic E-state index is 5.19. The molecule has 0 heterocycles. The third-order valence-electron chi connectivity index (χ3n) is 3.15. The Kier molecular flexibility index (Phi) is 17.9. The fourth-order valence-corrected chi connectivity index (χ4v) is 1.91. The van der Waals surface area contributed by atoms with Gasteiger partial charge in [-0.3, -0.25) is 0 Å². The van der Waals surface area contributed by atoms with Gasteiger partial charge < -0.3 is 18.9 Å². The Morgan fingerprint density at radius 1 is 0.667 bits per heavy atom. The zero-order valence-electron chi connectivity index (χ0n) is 18.2. The molecule has 0 unspecified atom stereocenters. The first kappa shape index (κ1) is 26.6. The summed E-state index contributed by atoms with van der Waals surface area (Å²) in [5.74, 6) is 3.42. The minimum atomic E-state index is 0.792. The molecule has 0 fully saturated rings. The zero-order chi connectivity index (χ0) is 21.1. The second-order valence-corrected chi connectivity index (χ2v) is 4.55. The number of hydrogen-bond acceptors (Lipinski definition) is 4. The van der Waals surface area contributed by atoms with Crippen molar-refractivity contribution in [2.24, 2.45) is 0 Å². The fraction of sp³-hybridized carbons (Fsp3) is 0.391.